The van der Waals surface area contributed by atoms with Crippen LogP contribution in [0.2, 0.25) is 0 Å². The van der Waals surface area contributed by atoms with Crippen molar-refractivity contribution < 1.29 is 18.8 Å². The molecule has 1 aromatic heterocycles. The Kier molecular flexibility index (Phi) is 6.30. The summed E-state index contributed by atoms with van der Waals surface area (Å²) >= 11 is 0. The molecule has 160 valence electrons. The molecule has 7 nitrogen and oxygen atoms in total. The van der Waals surface area contributed by atoms with E-state index in [0.29, 0.717) is 22.1 Å². The molecule has 3 rings (SSSR count). The highest BCUT2D eigenvalue weighted by Gasteiger charge is 2.23. The molecular formula is C22H27N3O4S. The van der Waals surface area contributed by atoms with Crippen molar-refractivity contribution in [3.05, 3.63) is 54.7 Å². The second-order valence-corrected chi connectivity index (χ2v) is 9.92. The maximum atomic E-state index is 12.7. The third-order valence-electron chi connectivity index (χ3n) is 4.77. The molecule has 0 aliphatic carbocycles. The first-order chi connectivity index (χ1) is 14.1. The summed E-state index contributed by atoms with van der Waals surface area (Å²) in [6.07, 6.45) is 0.942. The van der Waals surface area contributed by atoms with Gasteiger partial charge in [0.05, 0.1) is 23.6 Å². The van der Waals surface area contributed by atoms with E-state index in [0.717, 1.165) is 10.9 Å². The Labute approximate surface area is 177 Å². The van der Waals surface area contributed by atoms with Crippen molar-refractivity contribution >= 4 is 20.8 Å². The van der Waals surface area contributed by atoms with E-state index < -0.39 is 16.0 Å². The zero-order valence-electron chi connectivity index (χ0n) is 17.5. The van der Waals surface area contributed by atoms with E-state index in [1.165, 1.54) is 0 Å². The van der Waals surface area contributed by atoms with Crippen LogP contribution in [0.5, 0.6) is 17.2 Å². The van der Waals surface area contributed by atoms with E-state index in [-0.39, 0.29) is 12.0 Å². The molecule has 3 N–H and O–H groups in total. The molecule has 0 aliphatic rings. The molecule has 0 bridgehead atoms. The first-order valence-electron chi connectivity index (χ1n) is 9.52. The number of pyridine rings is 1. The van der Waals surface area contributed by atoms with Gasteiger partial charge in [-0.15, -0.1) is 0 Å². The lowest BCUT2D eigenvalue weighted by molar-refractivity contribution is 0.0678. The average molecular weight is 430 g/mol. The molecule has 0 aliphatic heterocycles. The van der Waals surface area contributed by atoms with Gasteiger partial charge in [-0.05, 0) is 47.9 Å². The molecule has 1 heterocycles. The van der Waals surface area contributed by atoms with Crippen LogP contribution in [0, 0.1) is 10.2 Å². The van der Waals surface area contributed by atoms with Gasteiger partial charge in [0, 0.05) is 24.2 Å². The normalized spacial score (nSPS) is 14.8. The number of rotatable bonds is 7. The first-order valence-corrected chi connectivity index (χ1v) is 11.1. The number of nitrogens with one attached hydrogen (secondary N) is 2. The predicted molar refractivity (Wildman–Crippen MR) is 117 cm³/mol. The van der Waals surface area contributed by atoms with Crippen LogP contribution in [0.1, 0.15) is 20.8 Å². The zero-order valence-corrected chi connectivity index (χ0v) is 18.3. The number of hydrogen-bond acceptors (Lipinski definition) is 6. The lowest BCUT2D eigenvalue weighted by Crippen LogP contribution is -2.38. The van der Waals surface area contributed by atoms with Crippen LogP contribution in [0.15, 0.2) is 59.6 Å². The lowest BCUT2D eigenvalue weighted by atomic mass is 9.89. The number of aliphatic hydroxyl groups excluding tert-OH is 1. The van der Waals surface area contributed by atoms with Crippen LogP contribution in [-0.4, -0.2) is 34.1 Å². The van der Waals surface area contributed by atoms with Crippen LogP contribution < -0.4 is 14.2 Å². The molecule has 3 aromatic rings. The molecule has 0 amide bonds. The van der Waals surface area contributed by atoms with Crippen LogP contribution in [0.4, 0.5) is 0 Å². The van der Waals surface area contributed by atoms with Crippen molar-refractivity contribution in [3.8, 4) is 17.2 Å². The molecule has 1 unspecified atom stereocenters. The lowest BCUT2D eigenvalue weighted by Gasteiger charge is -2.26. The van der Waals surface area contributed by atoms with Gasteiger partial charge in [0.15, 0.2) is 0 Å². The second-order valence-electron chi connectivity index (χ2n) is 8.05. The number of hydrogen-bond donors (Lipinski definition) is 3. The molecule has 2 aromatic carbocycles. The number of methoxy groups -OCH3 is 1. The molecule has 8 heteroatoms. The zero-order chi connectivity index (χ0) is 21.9. The van der Waals surface area contributed by atoms with E-state index >= 15 is 0 Å². The molecule has 2 atom stereocenters. The Morgan fingerprint density at radius 3 is 2.43 bits per heavy atom. The highest BCUT2D eigenvalue weighted by molar-refractivity contribution is 7.90. The first kappa shape index (κ1) is 22.0. The summed E-state index contributed by atoms with van der Waals surface area (Å²) in [6, 6.07) is 13.8. The van der Waals surface area contributed by atoms with E-state index in [2.05, 4.69) is 9.71 Å². The van der Waals surface area contributed by atoms with Gasteiger partial charge in [-0.25, -0.2) is 13.7 Å². The highest BCUT2D eigenvalue weighted by atomic mass is 32.2. The molecule has 0 spiro atoms. The van der Waals surface area contributed by atoms with E-state index in [1.54, 1.807) is 43.6 Å². The van der Waals surface area contributed by atoms with E-state index in [9.17, 15) is 9.32 Å². The SMILES string of the molecule is COc1ccc2c(Oc3ccc(S(=N)(=O)NC[C@H](O)C(C)(C)C)cc3)ccnc2c1. The van der Waals surface area contributed by atoms with Crippen molar-refractivity contribution in [2.24, 2.45) is 5.41 Å². The van der Waals surface area contributed by atoms with Crippen molar-refractivity contribution in [1.29, 1.82) is 4.78 Å². The van der Waals surface area contributed by atoms with Crippen molar-refractivity contribution in [2.45, 2.75) is 31.8 Å². The Balaban J connectivity index is 1.75. The van der Waals surface area contributed by atoms with Gasteiger partial charge in [-0.3, -0.25) is 4.98 Å². The Bertz CT molecular complexity index is 1120. The fourth-order valence-corrected chi connectivity index (χ4v) is 3.81. The van der Waals surface area contributed by atoms with E-state index in [4.69, 9.17) is 14.3 Å². The van der Waals surface area contributed by atoms with Crippen LogP contribution in [0.25, 0.3) is 10.9 Å². The summed E-state index contributed by atoms with van der Waals surface area (Å²) < 4.78 is 34.7. The molecular weight excluding hydrogens is 402 g/mol. The van der Waals surface area contributed by atoms with Crippen LogP contribution >= 0.6 is 0 Å². The second kappa shape index (κ2) is 8.59. The molecule has 0 saturated carbocycles. The summed E-state index contributed by atoms with van der Waals surface area (Å²) in [6.45, 7) is 5.72. The third kappa shape index (κ3) is 5.08. The molecule has 30 heavy (non-hydrogen) atoms. The topological polar surface area (TPSA) is 105 Å². The molecule has 0 saturated heterocycles. The van der Waals surface area contributed by atoms with Crippen molar-refractivity contribution in [3.63, 3.8) is 0 Å². The monoisotopic (exact) mass is 429 g/mol. The minimum Gasteiger partial charge on any atom is -0.497 e. The quantitative estimate of drug-likeness (QED) is 0.518. The van der Waals surface area contributed by atoms with Gasteiger partial charge >= 0.3 is 0 Å². The summed E-state index contributed by atoms with van der Waals surface area (Å²) in [7, 11) is -1.63. The molecule has 0 fully saturated rings. The maximum Gasteiger partial charge on any atom is 0.138 e. The standard InChI is InChI=1S/C22H27N3O4S/c1-22(2,3)21(26)14-25-30(23,27)17-8-5-15(6-9-17)29-20-11-12-24-19-13-16(28-4)7-10-18(19)20/h5-13,21,26H,14H2,1-4H3,(H2,23,25,27)/t21-,30?/m0/s1. The van der Waals surface area contributed by atoms with Gasteiger partial charge in [0.25, 0.3) is 0 Å². The van der Waals surface area contributed by atoms with Crippen molar-refractivity contribution in [1.82, 2.24) is 9.71 Å². The average Bonchev–Trinajstić information content (AvgIpc) is 2.71. The fraction of sp³-hybridized carbons (Fsp3) is 0.318. The Morgan fingerprint density at radius 1 is 1.13 bits per heavy atom. The van der Waals surface area contributed by atoms with Gasteiger partial charge in [-0.2, -0.15) is 0 Å². The third-order valence-corrected chi connectivity index (χ3v) is 6.28. The largest absolute Gasteiger partial charge is 0.497 e. The maximum absolute atomic E-state index is 12.7. The van der Waals surface area contributed by atoms with Gasteiger partial charge in [0.1, 0.15) is 27.2 Å². The predicted octanol–water partition coefficient (Wildman–Crippen LogP) is 4.35. The Hall–Kier alpha value is -2.68. The minimum atomic E-state index is -3.24. The number of aromatic nitrogens is 1. The number of aliphatic hydroxyl groups is 1. The Morgan fingerprint density at radius 2 is 1.80 bits per heavy atom. The smallest absolute Gasteiger partial charge is 0.138 e. The van der Waals surface area contributed by atoms with Gasteiger partial charge in [0.2, 0.25) is 0 Å². The fourth-order valence-electron chi connectivity index (χ4n) is 2.73. The highest BCUT2D eigenvalue weighted by Crippen LogP contribution is 2.31. The summed E-state index contributed by atoms with van der Waals surface area (Å²) in [4.78, 5) is 4.66. The van der Waals surface area contributed by atoms with Gasteiger partial charge in [-0.1, -0.05) is 20.8 Å². The number of ether oxygens (including phenoxy) is 2. The number of fused-ring (bicyclic) bond motifs is 1. The molecule has 0 radical (unpaired) electrons. The summed E-state index contributed by atoms with van der Waals surface area (Å²) in [5.41, 5.74) is 0.386. The van der Waals surface area contributed by atoms with Crippen molar-refractivity contribution in [2.75, 3.05) is 13.7 Å². The number of nitrogens with zero attached hydrogens (tertiary/aromatic N) is 1. The van der Waals surface area contributed by atoms with E-state index in [1.807, 2.05) is 39.0 Å². The van der Waals surface area contributed by atoms with Crippen LogP contribution in [-0.2, 0) is 9.92 Å². The summed E-state index contributed by atoms with van der Waals surface area (Å²) in [5, 5.41) is 11.0. The van der Waals surface area contributed by atoms with Crippen LogP contribution in [0.3, 0.4) is 0 Å². The minimum absolute atomic E-state index is 0.0660. The summed E-state index contributed by atoms with van der Waals surface area (Å²) in [5.74, 6) is 1.89. The van der Waals surface area contributed by atoms with Gasteiger partial charge < -0.3 is 14.6 Å². The number of benzene rings is 2.